The standard InChI is InChI=1S/C16H19N5O/c1-10(2)14(15-17-8-19-20(15)4)21-9-18-13-6-5-11(3)7-12(13)16(21)22/h5-10,14H,1-4H3. The van der Waals surface area contributed by atoms with E-state index in [1.54, 1.807) is 15.6 Å². The summed E-state index contributed by atoms with van der Waals surface area (Å²) in [6, 6.07) is 5.53. The zero-order chi connectivity index (χ0) is 15.9. The van der Waals surface area contributed by atoms with Crippen molar-refractivity contribution in [1.82, 2.24) is 24.3 Å². The molecule has 1 unspecified atom stereocenters. The van der Waals surface area contributed by atoms with E-state index in [1.807, 2.05) is 32.2 Å². The highest BCUT2D eigenvalue weighted by Gasteiger charge is 2.24. The van der Waals surface area contributed by atoms with Gasteiger partial charge in [-0.3, -0.25) is 14.0 Å². The van der Waals surface area contributed by atoms with Crippen LogP contribution in [-0.4, -0.2) is 24.3 Å². The number of benzene rings is 1. The number of hydrogen-bond acceptors (Lipinski definition) is 4. The van der Waals surface area contributed by atoms with Crippen LogP contribution in [0.3, 0.4) is 0 Å². The van der Waals surface area contributed by atoms with Crippen LogP contribution in [0.4, 0.5) is 0 Å². The predicted octanol–water partition coefficient (Wildman–Crippen LogP) is 2.08. The quantitative estimate of drug-likeness (QED) is 0.742. The number of nitrogens with zero attached hydrogens (tertiary/aromatic N) is 5. The molecule has 0 bridgehead atoms. The van der Waals surface area contributed by atoms with Gasteiger partial charge in [0.25, 0.3) is 5.56 Å². The first-order valence-corrected chi connectivity index (χ1v) is 7.30. The smallest absolute Gasteiger partial charge is 0.261 e. The van der Waals surface area contributed by atoms with Gasteiger partial charge in [-0.25, -0.2) is 9.97 Å². The van der Waals surface area contributed by atoms with Gasteiger partial charge in [-0.05, 0) is 25.0 Å². The molecular weight excluding hydrogens is 278 g/mol. The van der Waals surface area contributed by atoms with Crippen molar-refractivity contribution < 1.29 is 0 Å². The fourth-order valence-corrected chi connectivity index (χ4v) is 2.76. The Morgan fingerprint density at radius 2 is 1.95 bits per heavy atom. The molecule has 2 heterocycles. The van der Waals surface area contributed by atoms with Crippen LogP contribution in [0, 0.1) is 12.8 Å². The van der Waals surface area contributed by atoms with Crippen LogP contribution in [-0.2, 0) is 7.05 Å². The van der Waals surface area contributed by atoms with Gasteiger partial charge in [0.1, 0.15) is 12.2 Å². The molecule has 3 rings (SSSR count). The largest absolute Gasteiger partial charge is 0.288 e. The molecule has 6 nitrogen and oxygen atoms in total. The zero-order valence-electron chi connectivity index (χ0n) is 13.2. The summed E-state index contributed by atoms with van der Waals surface area (Å²) in [5, 5.41) is 4.76. The van der Waals surface area contributed by atoms with Crippen molar-refractivity contribution in [2.24, 2.45) is 13.0 Å². The van der Waals surface area contributed by atoms with E-state index in [4.69, 9.17) is 0 Å². The average Bonchev–Trinajstić information content (AvgIpc) is 2.88. The second-order valence-electron chi connectivity index (χ2n) is 5.91. The molecule has 0 fully saturated rings. The van der Waals surface area contributed by atoms with Crippen LogP contribution in [0.15, 0.2) is 35.6 Å². The molecule has 114 valence electrons. The third kappa shape index (κ3) is 2.30. The Labute approximate surface area is 128 Å². The highest BCUT2D eigenvalue weighted by atomic mass is 16.1. The van der Waals surface area contributed by atoms with Crippen LogP contribution >= 0.6 is 0 Å². The number of rotatable bonds is 3. The van der Waals surface area contributed by atoms with Gasteiger partial charge < -0.3 is 0 Å². The summed E-state index contributed by atoms with van der Waals surface area (Å²) in [6.07, 6.45) is 3.12. The molecule has 2 aromatic heterocycles. The molecule has 0 saturated heterocycles. The molecule has 0 N–H and O–H groups in total. The van der Waals surface area contributed by atoms with E-state index < -0.39 is 0 Å². The first kappa shape index (κ1) is 14.4. The Kier molecular flexibility index (Phi) is 3.52. The van der Waals surface area contributed by atoms with Crippen molar-refractivity contribution in [2.75, 3.05) is 0 Å². The molecule has 22 heavy (non-hydrogen) atoms. The van der Waals surface area contributed by atoms with E-state index in [9.17, 15) is 4.79 Å². The minimum absolute atomic E-state index is 0.0459. The van der Waals surface area contributed by atoms with Crippen molar-refractivity contribution in [1.29, 1.82) is 0 Å². The van der Waals surface area contributed by atoms with Crippen molar-refractivity contribution in [2.45, 2.75) is 26.8 Å². The lowest BCUT2D eigenvalue weighted by Gasteiger charge is -2.22. The van der Waals surface area contributed by atoms with Crippen LogP contribution in [0.5, 0.6) is 0 Å². The maximum absolute atomic E-state index is 12.9. The summed E-state index contributed by atoms with van der Waals surface area (Å²) in [6.45, 7) is 6.09. The van der Waals surface area contributed by atoms with Crippen molar-refractivity contribution in [3.63, 3.8) is 0 Å². The molecule has 0 aliphatic carbocycles. The lowest BCUT2D eigenvalue weighted by molar-refractivity contribution is 0.392. The Bertz CT molecular complexity index is 878. The van der Waals surface area contributed by atoms with Crippen LogP contribution < -0.4 is 5.56 Å². The third-order valence-corrected chi connectivity index (χ3v) is 3.88. The minimum atomic E-state index is -0.197. The summed E-state index contributed by atoms with van der Waals surface area (Å²) >= 11 is 0. The van der Waals surface area contributed by atoms with E-state index in [0.29, 0.717) is 10.9 Å². The van der Waals surface area contributed by atoms with Gasteiger partial charge in [-0.15, -0.1) is 0 Å². The SMILES string of the molecule is Cc1ccc2ncn(C(c3ncnn3C)C(C)C)c(=O)c2c1. The van der Waals surface area contributed by atoms with Gasteiger partial charge in [0.05, 0.1) is 23.3 Å². The maximum atomic E-state index is 12.9. The van der Waals surface area contributed by atoms with Gasteiger partial charge in [0, 0.05) is 7.05 Å². The fourth-order valence-electron chi connectivity index (χ4n) is 2.76. The first-order valence-electron chi connectivity index (χ1n) is 7.30. The predicted molar refractivity (Wildman–Crippen MR) is 84.7 cm³/mol. The van der Waals surface area contributed by atoms with E-state index >= 15 is 0 Å². The number of aryl methyl sites for hydroxylation is 2. The first-order chi connectivity index (χ1) is 10.5. The van der Waals surface area contributed by atoms with Crippen LogP contribution in [0.25, 0.3) is 10.9 Å². The molecule has 0 aliphatic heterocycles. The van der Waals surface area contributed by atoms with Gasteiger partial charge in [-0.1, -0.05) is 25.5 Å². The third-order valence-electron chi connectivity index (χ3n) is 3.88. The summed E-state index contributed by atoms with van der Waals surface area (Å²) < 4.78 is 3.37. The highest BCUT2D eigenvalue weighted by Crippen LogP contribution is 2.23. The highest BCUT2D eigenvalue weighted by molar-refractivity contribution is 5.77. The zero-order valence-corrected chi connectivity index (χ0v) is 13.2. The van der Waals surface area contributed by atoms with Crippen molar-refractivity contribution in [3.8, 4) is 0 Å². The molecule has 0 radical (unpaired) electrons. The van der Waals surface area contributed by atoms with E-state index in [0.717, 1.165) is 11.4 Å². The minimum Gasteiger partial charge on any atom is -0.288 e. The lowest BCUT2D eigenvalue weighted by atomic mass is 10.0. The van der Waals surface area contributed by atoms with Gasteiger partial charge >= 0.3 is 0 Å². The second kappa shape index (κ2) is 5.36. The summed E-state index contributed by atoms with van der Waals surface area (Å²) in [5.74, 6) is 0.940. The number of hydrogen-bond donors (Lipinski definition) is 0. The van der Waals surface area contributed by atoms with E-state index in [-0.39, 0.29) is 17.5 Å². The Morgan fingerprint density at radius 3 is 2.59 bits per heavy atom. The van der Waals surface area contributed by atoms with Crippen molar-refractivity contribution >= 4 is 10.9 Å². The molecular formula is C16H19N5O. The summed E-state index contributed by atoms with van der Waals surface area (Å²) in [5.41, 5.74) is 1.71. The van der Waals surface area contributed by atoms with Gasteiger partial charge in [0.15, 0.2) is 0 Å². The average molecular weight is 297 g/mol. The monoisotopic (exact) mass is 297 g/mol. The Morgan fingerprint density at radius 1 is 1.18 bits per heavy atom. The molecule has 0 spiro atoms. The van der Waals surface area contributed by atoms with Gasteiger partial charge in [0.2, 0.25) is 0 Å². The Balaban J connectivity index is 2.25. The van der Waals surface area contributed by atoms with Crippen LogP contribution in [0.2, 0.25) is 0 Å². The van der Waals surface area contributed by atoms with E-state index in [1.165, 1.54) is 6.33 Å². The summed E-state index contributed by atoms with van der Waals surface area (Å²) in [7, 11) is 1.83. The normalized spacial score (nSPS) is 13.0. The molecule has 6 heteroatoms. The number of aromatic nitrogens is 5. The molecule has 1 atom stereocenters. The molecule has 3 aromatic rings. The molecule has 0 saturated carbocycles. The Hall–Kier alpha value is -2.50. The fraction of sp³-hybridized carbons (Fsp3) is 0.375. The second-order valence-corrected chi connectivity index (χ2v) is 5.91. The summed E-state index contributed by atoms with van der Waals surface area (Å²) in [4.78, 5) is 21.6. The number of fused-ring (bicyclic) bond motifs is 1. The van der Waals surface area contributed by atoms with Crippen molar-refractivity contribution in [3.05, 3.63) is 52.6 Å². The topological polar surface area (TPSA) is 65.6 Å². The van der Waals surface area contributed by atoms with Crippen LogP contribution in [0.1, 0.15) is 31.3 Å². The molecule has 0 amide bonds. The molecule has 0 aliphatic rings. The maximum Gasteiger partial charge on any atom is 0.261 e. The van der Waals surface area contributed by atoms with E-state index in [2.05, 4.69) is 28.9 Å². The van der Waals surface area contributed by atoms with Gasteiger partial charge in [-0.2, -0.15) is 5.10 Å². The lowest BCUT2D eigenvalue weighted by Crippen LogP contribution is -2.31. The molecule has 1 aromatic carbocycles.